The van der Waals surface area contributed by atoms with Gasteiger partial charge < -0.3 is 15.0 Å². The van der Waals surface area contributed by atoms with E-state index in [0.29, 0.717) is 31.1 Å². The number of amides is 1. The molecule has 0 spiro atoms. The van der Waals surface area contributed by atoms with Crippen molar-refractivity contribution in [2.75, 3.05) is 12.2 Å². The first kappa shape index (κ1) is 23.8. The van der Waals surface area contributed by atoms with E-state index >= 15 is 0 Å². The van der Waals surface area contributed by atoms with E-state index in [1.54, 1.807) is 11.4 Å². The SMILES string of the molecule is [2H]C([2H])(NC(=O)CC[C@@H](C)[C@H]1CC[C@H]2[C@@H]3[C@H](O)CC4=CC(=O)CC[C@]4(C)[C@H]3CC[C@]12C)C([2H])([2H])S(=O)(=O)[O-].[Na+]. The van der Waals surface area contributed by atoms with Crippen LogP contribution in [-0.4, -0.2) is 48.1 Å². The van der Waals surface area contributed by atoms with E-state index in [4.69, 9.17) is 5.48 Å². The molecule has 0 bridgehead atoms. The Balaban J connectivity index is 0.00000420. The minimum absolute atomic E-state index is 0. The van der Waals surface area contributed by atoms with Gasteiger partial charge in [0.15, 0.2) is 5.78 Å². The summed E-state index contributed by atoms with van der Waals surface area (Å²) in [6.07, 6.45) is 7.42. The van der Waals surface area contributed by atoms with Gasteiger partial charge in [0.1, 0.15) is 0 Å². The van der Waals surface area contributed by atoms with Gasteiger partial charge in [-0.3, -0.25) is 9.59 Å². The predicted octanol–water partition coefficient (Wildman–Crippen LogP) is 0.187. The molecule has 4 aliphatic rings. The molecule has 192 valence electrons. The Morgan fingerprint density at radius 1 is 1.29 bits per heavy atom. The Morgan fingerprint density at radius 2 is 2.00 bits per heavy atom. The maximum atomic E-state index is 12.5. The molecule has 4 rings (SSSR count). The molecule has 7 nitrogen and oxygen atoms in total. The zero-order valence-corrected chi connectivity index (χ0v) is 24.1. The van der Waals surface area contributed by atoms with Crippen LogP contribution in [0.25, 0.3) is 0 Å². The Bertz CT molecular complexity index is 1130. The zero-order valence-electron chi connectivity index (χ0n) is 25.3. The molecule has 0 unspecified atom stereocenters. The summed E-state index contributed by atoms with van der Waals surface area (Å²) in [5, 5.41) is 13.1. The maximum absolute atomic E-state index is 12.5. The van der Waals surface area contributed by atoms with E-state index in [-0.39, 0.29) is 70.3 Å². The maximum Gasteiger partial charge on any atom is 1.00 e. The van der Waals surface area contributed by atoms with Gasteiger partial charge >= 0.3 is 29.6 Å². The number of ketones is 1. The summed E-state index contributed by atoms with van der Waals surface area (Å²) >= 11 is 0. The monoisotopic (exact) mass is 521 g/mol. The fraction of sp³-hybridized carbons (Fsp3) is 0.846. The second-order valence-electron chi connectivity index (χ2n) is 11.6. The molecule has 8 atom stereocenters. The number of aliphatic hydroxyl groups is 1. The first-order valence-corrected chi connectivity index (χ1v) is 13.9. The molecule has 0 saturated heterocycles. The largest absolute Gasteiger partial charge is 1.00 e. The van der Waals surface area contributed by atoms with Gasteiger partial charge in [-0.05, 0) is 91.4 Å². The van der Waals surface area contributed by atoms with E-state index in [2.05, 4.69) is 20.8 Å². The van der Waals surface area contributed by atoms with Crippen LogP contribution in [0.4, 0.5) is 0 Å². The van der Waals surface area contributed by atoms with Crippen molar-refractivity contribution in [2.24, 2.45) is 40.4 Å². The quantitative estimate of drug-likeness (QED) is 0.364. The third kappa shape index (κ3) is 5.78. The van der Waals surface area contributed by atoms with Crippen LogP contribution in [0.1, 0.15) is 84.0 Å². The average molecular weight is 522 g/mol. The van der Waals surface area contributed by atoms with Crippen LogP contribution in [0.3, 0.4) is 0 Å². The standard InChI is InChI=1S/C26H41NO6S.Na/c1-16(4-7-23(30)27-12-13-34(31,32)33)19-5-6-20-24-21(9-11-26(19,20)3)25(2)10-8-18(28)14-17(25)15-22(24)29;/h14,16,19-22,24,29H,4-13,15H2,1-3H3,(H,27,30)(H,31,32,33);/q;+1/p-1/t16-,19-,20+,21+,22-,24+,25+,26-;/m1./s1/i12D2,13D2;. The van der Waals surface area contributed by atoms with Gasteiger partial charge in [-0.1, -0.05) is 26.3 Å². The minimum atomic E-state index is -5.65. The normalized spacial score (nSPS) is 41.9. The number of rotatable bonds is 7. The average Bonchev–Trinajstić information content (AvgIpc) is 3.14. The number of hydrogen-bond donors (Lipinski definition) is 2. The number of aliphatic hydroxyl groups excluding tert-OH is 1. The second-order valence-corrected chi connectivity index (χ2v) is 12.7. The summed E-state index contributed by atoms with van der Waals surface area (Å²) < 4.78 is 63.5. The van der Waals surface area contributed by atoms with Gasteiger partial charge in [0, 0.05) is 22.1 Å². The topological polar surface area (TPSA) is 124 Å². The molecule has 0 aromatic carbocycles. The Kier molecular flexibility index (Phi) is 7.39. The second kappa shape index (κ2) is 10.9. The predicted molar refractivity (Wildman–Crippen MR) is 128 cm³/mol. The summed E-state index contributed by atoms with van der Waals surface area (Å²) in [5.74, 6) is 0.512. The summed E-state index contributed by atoms with van der Waals surface area (Å²) in [6.45, 7) is 3.25. The van der Waals surface area contributed by atoms with Crippen LogP contribution < -0.4 is 34.9 Å². The minimum Gasteiger partial charge on any atom is -0.748 e. The van der Waals surface area contributed by atoms with Gasteiger partial charge in [-0.15, -0.1) is 0 Å². The fourth-order valence-corrected chi connectivity index (χ4v) is 8.46. The Labute approximate surface area is 237 Å². The molecule has 9 heteroatoms. The fourth-order valence-electron chi connectivity index (χ4n) is 8.28. The van der Waals surface area contributed by atoms with Crippen LogP contribution in [0, 0.1) is 40.4 Å². The number of carbonyl (C=O) groups is 2. The Hall–Kier alpha value is -0.250. The van der Waals surface area contributed by atoms with Crippen molar-refractivity contribution in [3.8, 4) is 0 Å². The van der Waals surface area contributed by atoms with Gasteiger partial charge in [0.05, 0.1) is 24.7 Å². The molecule has 35 heavy (non-hydrogen) atoms. The van der Waals surface area contributed by atoms with E-state index in [0.717, 1.165) is 37.7 Å². The van der Waals surface area contributed by atoms with E-state index in [1.807, 2.05) is 0 Å². The number of fused-ring (bicyclic) bond motifs is 5. The van der Waals surface area contributed by atoms with E-state index < -0.39 is 34.3 Å². The van der Waals surface area contributed by atoms with Gasteiger partial charge in [0.25, 0.3) is 0 Å². The van der Waals surface area contributed by atoms with Crippen molar-refractivity contribution in [1.29, 1.82) is 0 Å². The molecule has 0 aromatic heterocycles. The van der Waals surface area contributed by atoms with Crippen LogP contribution in [0.15, 0.2) is 11.6 Å². The third-order valence-electron chi connectivity index (χ3n) is 9.95. The summed E-state index contributed by atoms with van der Waals surface area (Å²) in [6, 6.07) is 0. The molecular weight excluding hydrogens is 477 g/mol. The Morgan fingerprint density at radius 3 is 2.69 bits per heavy atom. The number of hydrogen-bond acceptors (Lipinski definition) is 6. The molecule has 0 heterocycles. The smallest absolute Gasteiger partial charge is 0.748 e. The number of carbonyl (C=O) groups excluding carboxylic acids is 2. The molecule has 3 saturated carbocycles. The zero-order chi connectivity index (χ0) is 28.5. The van der Waals surface area contributed by atoms with Crippen molar-refractivity contribution in [1.82, 2.24) is 5.32 Å². The molecule has 0 aromatic rings. The molecular formula is C26H40NNaO6S. The van der Waals surface area contributed by atoms with Crippen LogP contribution in [0.5, 0.6) is 0 Å². The summed E-state index contributed by atoms with van der Waals surface area (Å²) in [4.78, 5) is 24.6. The van der Waals surface area contributed by atoms with Crippen molar-refractivity contribution in [2.45, 2.75) is 84.7 Å². The first-order chi connectivity index (χ1) is 17.3. The van der Waals surface area contributed by atoms with Gasteiger partial charge in [-0.2, -0.15) is 0 Å². The molecule has 0 aliphatic heterocycles. The van der Waals surface area contributed by atoms with Crippen molar-refractivity contribution >= 4 is 21.8 Å². The van der Waals surface area contributed by atoms with Crippen LogP contribution in [0.2, 0.25) is 0 Å². The van der Waals surface area contributed by atoms with Crippen molar-refractivity contribution in [3.63, 3.8) is 0 Å². The number of nitrogens with one attached hydrogen (secondary N) is 1. The van der Waals surface area contributed by atoms with Gasteiger partial charge in [0.2, 0.25) is 5.91 Å². The van der Waals surface area contributed by atoms with Gasteiger partial charge in [-0.25, -0.2) is 8.42 Å². The molecule has 0 radical (unpaired) electrons. The molecule has 4 aliphatic carbocycles. The molecule has 2 N–H and O–H groups in total. The molecule has 1 amide bonds. The van der Waals surface area contributed by atoms with Crippen LogP contribution in [-0.2, 0) is 19.7 Å². The molecule has 3 fully saturated rings. The summed E-state index contributed by atoms with van der Waals surface area (Å²) in [5.41, 5.74) is -2.77. The van der Waals surface area contributed by atoms with Crippen LogP contribution >= 0.6 is 0 Å². The third-order valence-corrected chi connectivity index (χ3v) is 10.3. The van der Waals surface area contributed by atoms with Crippen molar-refractivity contribution in [3.05, 3.63) is 11.6 Å². The van der Waals surface area contributed by atoms with E-state index in [9.17, 15) is 27.7 Å². The first-order valence-electron chi connectivity index (χ1n) is 14.5. The van der Waals surface area contributed by atoms with Crippen molar-refractivity contribution < 1.29 is 62.7 Å². The van der Waals surface area contributed by atoms with E-state index in [1.165, 1.54) is 0 Å². The summed E-state index contributed by atoms with van der Waals surface area (Å²) in [7, 11) is -5.65.